The minimum Gasteiger partial charge on any atom is -0.489 e. The van der Waals surface area contributed by atoms with Gasteiger partial charge < -0.3 is 14.8 Å². The number of alkyl carbamates (subject to hydrolysis) is 1. The van der Waals surface area contributed by atoms with E-state index >= 15 is 0 Å². The van der Waals surface area contributed by atoms with Crippen molar-refractivity contribution in [3.8, 4) is 5.75 Å². The van der Waals surface area contributed by atoms with Crippen LogP contribution in [-0.4, -0.2) is 25.0 Å². The van der Waals surface area contributed by atoms with Crippen molar-refractivity contribution in [2.45, 2.75) is 50.4 Å². The highest BCUT2D eigenvalue weighted by Crippen LogP contribution is 2.40. The Labute approximate surface area is 180 Å². The van der Waals surface area contributed by atoms with Crippen molar-refractivity contribution in [1.29, 1.82) is 0 Å². The zero-order valence-corrected chi connectivity index (χ0v) is 18.0. The summed E-state index contributed by atoms with van der Waals surface area (Å²) in [6.45, 7) is 2.19. The number of carbonyl (C=O) groups excluding carboxylic acids is 1. The summed E-state index contributed by atoms with van der Waals surface area (Å²) in [5.41, 5.74) is 0.383. The van der Waals surface area contributed by atoms with Gasteiger partial charge in [0.1, 0.15) is 12.4 Å². The highest BCUT2D eigenvalue weighted by molar-refractivity contribution is 14.1. The van der Waals surface area contributed by atoms with Crippen LogP contribution in [0, 0.1) is 9.49 Å². The lowest BCUT2D eigenvalue weighted by molar-refractivity contribution is -0.185. The van der Waals surface area contributed by atoms with Gasteiger partial charge in [0.25, 0.3) is 0 Å². The fraction of sp³-hybridized carbons (Fsp3) is 0.476. The Bertz CT molecular complexity index is 941. The number of halogens is 4. The number of hydrogen-bond donors (Lipinski definition) is 1. The van der Waals surface area contributed by atoms with Gasteiger partial charge in [-0.05, 0) is 83.7 Å². The molecule has 2 aromatic rings. The Morgan fingerprint density at radius 2 is 1.90 bits per heavy atom. The average molecular weight is 519 g/mol. The van der Waals surface area contributed by atoms with Gasteiger partial charge in [0.05, 0.1) is 21.1 Å². The number of amides is 1. The first-order valence-corrected chi connectivity index (χ1v) is 10.6. The fourth-order valence-electron chi connectivity index (χ4n) is 4.06. The molecule has 1 heterocycles. The van der Waals surface area contributed by atoms with Crippen molar-refractivity contribution in [2.24, 2.45) is 5.92 Å². The molecule has 156 valence electrons. The summed E-state index contributed by atoms with van der Waals surface area (Å²) in [6, 6.07) is 9.77. The summed E-state index contributed by atoms with van der Waals surface area (Å²) >= 11 is 2.22. The molecular weight excluding hydrogens is 498 g/mol. The second kappa shape index (κ2) is 7.52. The van der Waals surface area contributed by atoms with Crippen LogP contribution < -0.4 is 10.1 Å². The van der Waals surface area contributed by atoms with Crippen LogP contribution in [0.1, 0.15) is 38.2 Å². The number of rotatable bonds is 3. The second-order valence-corrected chi connectivity index (χ2v) is 9.06. The van der Waals surface area contributed by atoms with E-state index in [1.54, 1.807) is 0 Å². The molecule has 0 unspecified atom stereocenters. The van der Waals surface area contributed by atoms with Crippen molar-refractivity contribution < 1.29 is 27.4 Å². The first-order chi connectivity index (χ1) is 13.7. The standard InChI is InChI=1S/C21H21F3INO3/c1-20(11-28-19(27)26-20)14-5-8-16-12(10-14)2-9-17(18(16)25)29-15-6-3-13(4-7-15)21(22,23)24/h2,5,8-10,13,15H,3-4,6-7,11H2,1H3,(H,26,27)/t13-,15-,20-/m0/s1. The maximum atomic E-state index is 12.9. The molecule has 0 radical (unpaired) electrons. The number of nitrogens with one attached hydrogen (secondary N) is 1. The molecule has 1 N–H and O–H groups in total. The first kappa shape index (κ1) is 20.6. The van der Waals surface area contributed by atoms with Gasteiger partial charge in [-0.2, -0.15) is 13.2 Å². The van der Waals surface area contributed by atoms with Crippen LogP contribution in [0.3, 0.4) is 0 Å². The number of hydrogen-bond acceptors (Lipinski definition) is 3. The third-order valence-corrected chi connectivity index (χ3v) is 6.97. The minimum absolute atomic E-state index is 0.119. The van der Waals surface area contributed by atoms with E-state index in [1.165, 1.54) is 0 Å². The Balaban J connectivity index is 1.51. The molecule has 2 fully saturated rings. The van der Waals surface area contributed by atoms with E-state index in [1.807, 2.05) is 37.3 Å². The van der Waals surface area contributed by atoms with Crippen molar-refractivity contribution in [2.75, 3.05) is 6.61 Å². The van der Waals surface area contributed by atoms with Gasteiger partial charge in [-0.1, -0.05) is 18.2 Å². The predicted octanol–water partition coefficient (Wildman–Crippen LogP) is 5.90. The Morgan fingerprint density at radius 1 is 1.17 bits per heavy atom. The molecule has 0 bridgehead atoms. The molecule has 0 spiro atoms. The van der Waals surface area contributed by atoms with Crippen LogP contribution in [0.4, 0.5) is 18.0 Å². The quantitative estimate of drug-likeness (QED) is 0.514. The average Bonchev–Trinajstić information content (AvgIpc) is 3.03. The molecule has 0 aromatic heterocycles. The molecule has 1 amide bonds. The third-order valence-electron chi connectivity index (χ3n) is 5.86. The second-order valence-electron chi connectivity index (χ2n) is 7.98. The molecule has 1 atom stereocenters. The lowest BCUT2D eigenvalue weighted by Crippen LogP contribution is -2.37. The zero-order valence-electron chi connectivity index (χ0n) is 15.8. The molecule has 1 saturated carbocycles. The molecule has 1 aliphatic carbocycles. The zero-order chi connectivity index (χ0) is 20.8. The lowest BCUT2D eigenvalue weighted by Gasteiger charge is -2.30. The SMILES string of the molecule is C[C@@]1(c2ccc3c(I)c(O[C@H]4CC[C@H](C(F)(F)F)CC4)ccc3c2)COC(=O)N1. The molecule has 1 aliphatic heterocycles. The van der Waals surface area contributed by atoms with E-state index in [-0.39, 0.29) is 25.6 Å². The van der Waals surface area contributed by atoms with Crippen LogP contribution in [-0.2, 0) is 10.3 Å². The van der Waals surface area contributed by atoms with E-state index in [0.29, 0.717) is 18.6 Å². The van der Waals surface area contributed by atoms with Gasteiger partial charge >= 0.3 is 12.3 Å². The number of cyclic esters (lactones) is 1. The molecule has 2 aliphatic rings. The van der Waals surface area contributed by atoms with Gasteiger partial charge in [0.2, 0.25) is 0 Å². The molecule has 4 nitrogen and oxygen atoms in total. The summed E-state index contributed by atoms with van der Waals surface area (Å²) in [4.78, 5) is 11.4. The van der Waals surface area contributed by atoms with E-state index in [0.717, 1.165) is 19.9 Å². The van der Waals surface area contributed by atoms with Crippen LogP contribution in [0.5, 0.6) is 5.75 Å². The normalized spacial score (nSPS) is 27.6. The summed E-state index contributed by atoms with van der Waals surface area (Å²) in [5.74, 6) is -0.511. The van der Waals surface area contributed by atoms with E-state index in [9.17, 15) is 18.0 Å². The maximum Gasteiger partial charge on any atom is 0.408 e. The molecule has 8 heteroatoms. The Kier molecular flexibility index (Phi) is 5.33. The fourth-order valence-corrected chi connectivity index (χ4v) is 4.85. The highest BCUT2D eigenvalue weighted by Gasteiger charge is 2.42. The van der Waals surface area contributed by atoms with Crippen molar-refractivity contribution in [3.63, 3.8) is 0 Å². The maximum absolute atomic E-state index is 12.9. The van der Waals surface area contributed by atoms with Gasteiger partial charge in [-0.15, -0.1) is 0 Å². The summed E-state index contributed by atoms with van der Waals surface area (Å²) in [6.07, 6.45) is -3.66. The summed E-state index contributed by atoms with van der Waals surface area (Å²) in [5, 5.41) is 4.84. The third kappa shape index (κ3) is 4.13. The first-order valence-electron chi connectivity index (χ1n) is 9.57. The van der Waals surface area contributed by atoms with Gasteiger partial charge in [0.15, 0.2) is 0 Å². The van der Waals surface area contributed by atoms with Crippen LogP contribution in [0.2, 0.25) is 0 Å². The van der Waals surface area contributed by atoms with Crippen molar-refractivity contribution in [3.05, 3.63) is 39.5 Å². The summed E-state index contributed by atoms with van der Waals surface area (Å²) in [7, 11) is 0. The highest BCUT2D eigenvalue weighted by atomic mass is 127. The lowest BCUT2D eigenvalue weighted by atomic mass is 9.87. The number of ether oxygens (including phenoxy) is 2. The Hall–Kier alpha value is -1.71. The molecule has 2 aromatic carbocycles. The Morgan fingerprint density at radius 3 is 2.52 bits per heavy atom. The molecular formula is C21H21F3INO3. The van der Waals surface area contributed by atoms with Crippen LogP contribution >= 0.6 is 22.6 Å². The van der Waals surface area contributed by atoms with E-state index < -0.39 is 23.7 Å². The minimum atomic E-state index is -4.11. The van der Waals surface area contributed by atoms with Gasteiger partial charge in [-0.3, -0.25) is 0 Å². The van der Waals surface area contributed by atoms with Crippen molar-refractivity contribution >= 4 is 39.5 Å². The number of fused-ring (bicyclic) bond motifs is 1. The number of alkyl halides is 3. The predicted molar refractivity (Wildman–Crippen MR) is 111 cm³/mol. The van der Waals surface area contributed by atoms with Gasteiger partial charge in [0, 0.05) is 0 Å². The largest absolute Gasteiger partial charge is 0.489 e. The topological polar surface area (TPSA) is 47.6 Å². The van der Waals surface area contributed by atoms with Crippen LogP contribution in [0.15, 0.2) is 30.3 Å². The van der Waals surface area contributed by atoms with Crippen molar-refractivity contribution in [1.82, 2.24) is 5.32 Å². The van der Waals surface area contributed by atoms with E-state index in [2.05, 4.69) is 27.9 Å². The molecule has 29 heavy (non-hydrogen) atoms. The number of carbonyl (C=O) groups is 1. The molecule has 1 saturated heterocycles. The monoisotopic (exact) mass is 519 g/mol. The smallest absolute Gasteiger partial charge is 0.408 e. The molecule has 4 rings (SSSR count). The summed E-state index contributed by atoms with van der Waals surface area (Å²) < 4.78 is 50.6. The van der Waals surface area contributed by atoms with Crippen LogP contribution in [0.25, 0.3) is 10.8 Å². The van der Waals surface area contributed by atoms with Gasteiger partial charge in [-0.25, -0.2) is 4.79 Å². The van der Waals surface area contributed by atoms with E-state index in [4.69, 9.17) is 9.47 Å². The number of benzene rings is 2.